The van der Waals surface area contributed by atoms with Crippen LogP contribution in [0.5, 0.6) is 0 Å². The Kier molecular flexibility index (Phi) is 1.25. The van der Waals surface area contributed by atoms with Crippen molar-refractivity contribution < 1.29 is 0 Å². The fourth-order valence-electron chi connectivity index (χ4n) is 1.35. The molecule has 0 N–H and O–H groups in total. The van der Waals surface area contributed by atoms with Crippen LogP contribution < -0.4 is 0 Å². The van der Waals surface area contributed by atoms with Gasteiger partial charge < -0.3 is 4.57 Å². The third kappa shape index (κ3) is 0.845. The predicted molar refractivity (Wildman–Crippen MR) is 47.4 cm³/mol. The molecule has 0 saturated carbocycles. The molecule has 1 aromatic carbocycles. The highest BCUT2D eigenvalue weighted by atomic mass is 14.9. The van der Waals surface area contributed by atoms with Crippen LogP contribution in [-0.4, -0.2) is 4.57 Å². The number of fused-ring (bicyclic) bond motifs is 1. The van der Waals surface area contributed by atoms with Crippen LogP contribution in [0.4, 0.5) is 0 Å². The van der Waals surface area contributed by atoms with E-state index in [0.29, 0.717) is 0 Å². The second-order valence-electron chi connectivity index (χ2n) is 2.77. The van der Waals surface area contributed by atoms with E-state index in [1.54, 1.807) is 0 Å². The number of hydrogen-bond donors (Lipinski definition) is 0. The topological polar surface area (TPSA) is 4.93 Å². The van der Waals surface area contributed by atoms with Gasteiger partial charge in [-0.1, -0.05) is 18.2 Å². The molecule has 0 amide bonds. The zero-order valence-electron chi connectivity index (χ0n) is 6.54. The van der Waals surface area contributed by atoms with Gasteiger partial charge in [0, 0.05) is 18.3 Å². The van der Waals surface area contributed by atoms with Crippen LogP contribution in [0.15, 0.2) is 30.3 Å². The fourth-order valence-corrected chi connectivity index (χ4v) is 1.35. The molecule has 0 unspecified atom stereocenters. The first kappa shape index (κ1) is 6.47. The molecule has 0 fully saturated rings. The Hall–Kier alpha value is -1.24. The van der Waals surface area contributed by atoms with Crippen LogP contribution in [0, 0.1) is 14.0 Å². The van der Waals surface area contributed by atoms with Crippen LogP contribution in [0.1, 0.15) is 5.69 Å². The largest absolute Gasteiger partial charge is 0.343 e. The molecule has 0 aliphatic heterocycles. The first-order valence-corrected chi connectivity index (χ1v) is 3.67. The maximum Gasteiger partial charge on any atom is 0.0483 e. The van der Waals surface area contributed by atoms with E-state index in [4.69, 9.17) is 0 Å². The third-order valence-corrected chi connectivity index (χ3v) is 2.02. The second-order valence-corrected chi connectivity index (χ2v) is 2.77. The Bertz CT molecular complexity index is 385. The summed E-state index contributed by atoms with van der Waals surface area (Å²) in [6.07, 6.45) is 0. The summed E-state index contributed by atoms with van der Waals surface area (Å²) in [5, 5.41) is 1.26. The quantitative estimate of drug-likeness (QED) is 0.535. The highest BCUT2D eigenvalue weighted by Crippen LogP contribution is 2.17. The van der Waals surface area contributed by atoms with Gasteiger partial charge >= 0.3 is 0 Å². The van der Waals surface area contributed by atoms with Gasteiger partial charge in [0.05, 0.1) is 0 Å². The number of nitrogens with zero attached hydrogens (tertiary/aromatic N) is 1. The summed E-state index contributed by atoms with van der Waals surface area (Å²) >= 11 is 0. The van der Waals surface area contributed by atoms with E-state index in [2.05, 4.69) is 32.2 Å². The van der Waals surface area contributed by atoms with Crippen LogP contribution in [0.3, 0.4) is 0 Å². The van der Waals surface area contributed by atoms with Crippen LogP contribution in [0.2, 0.25) is 0 Å². The van der Waals surface area contributed by atoms with Crippen molar-refractivity contribution in [2.24, 2.45) is 0 Å². The van der Waals surface area contributed by atoms with Crippen LogP contribution >= 0.6 is 0 Å². The predicted octanol–water partition coefficient (Wildman–Crippen LogP) is 2.59. The molecule has 0 aliphatic carbocycles. The smallest absolute Gasteiger partial charge is 0.0483 e. The summed E-state index contributed by atoms with van der Waals surface area (Å²) in [5.74, 6) is 0. The monoisotopic (exact) mass is 144 g/mol. The standard InChI is InChI=1S/C10H10N/c1-8-7-9-5-3-4-6-10(9)11(8)2/h3-7H,2H2,1H3. The Morgan fingerprint density at radius 2 is 2.00 bits per heavy atom. The van der Waals surface area contributed by atoms with Gasteiger partial charge in [0.2, 0.25) is 0 Å². The van der Waals surface area contributed by atoms with E-state index in [9.17, 15) is 0 Å². The Morgan fingerprint density at radius 3 is 2.73 bits per heavy atom. The van der Waals surface area contributed by atoms with Crippen LogP contribution in [0.25, 0.3) is 10.9 Å². The van der Waals surface area contributed by atoms with Crippen molar-refractivity contribution in [3.8, 4) is 0 Å². The van der Waals surface area contributed by atoms with Crippen molar-refractivity contribution in [1.82, 2.24) is 4.57 Å². The molecule has 0 spiro atoms. The molecule has 0 atom stereocenters. The molecule has 1 heterocycles. The maximum absolute atomic E-state index is 3.92. The minimum Gasteiger partial charge on any atom is -0.343 e. The van der Waals surface area contributed by atoms with E-state index in [-0.39, 0.29) is 0 Å². The van der Waals surface area contributed by atoms with Gasteiger partial charge in [-0.05, 0) is 24.4 Å². The van der Waals surface area contributed by atoms with Gasteiger partial charge in [0.15, 0.2) is 0 Å². The molecule has 0 saturated heterocycles. The summed E-state index contributed by atoms with van der Waals surface area (Å²) in [4.78, 5) is 0. The highest BCUT2D eigenvalue weighted by Gasteiger charge is 1.98. The van der Waals surface area contributed by atoms with Crippen molar-refractivity contribution >= 4 is 10.9 Å². The van der Waals surface area contributed by atoms with Crippen molar-refractivity contribution in [3.05, 3.63) is 43.1 Å². The number of aromatic nitrogens is 1. The Balaban J connectivity index is 2.92. The molecule has 2 rings (SSSR count). The summed E-state index contributed by atoms with van der Waals surface area (Å²) in [7, 11) is 3.92. The van der Waals surface area contributed by atoms with Crippen molar-refractivity contribution in [2.45, 2.75) is 6.92 Å². The lowest BCUT2D eigenvalue weighted by molar-refractivity contribution is 1.06. The molecular formula is C10H10N. The molecule has 1 aromatic heterocycles. The zero-order valence-corrected chi connectivity index (χ0v) is 6.54. The molecule has 2 aromatic rings. The van der Waals surface area contributed by atoms with Gasteiger partial charge in [-0.2, -0.15) is 0 Å². The lowest BCUT2D eigenvalue weighted by Gasteiger charge is -1.95. The molecule has 11 heavy (non-hydrogen) atoms. The van der Waals surface area contributed by atoms with E-state index >= 15 is 0 Å². The normalized spacial score (nSPS) is 10.7. The average Bonchev–Trinajstić information content (AvgIpc) is 2.30. The minimum absolute atomic E-state index is 1.20. The minimum atomic E-state index is 1.20. The van der Waals surface area contributed by atoms with Crippen molar-refractivity contribution in [2.75, 3.05) is 0 Å². The lowest BCUT2D eigenvalue weighted by atomic mass is 10.2. The van der Waals surface area contributed by atoms with Gasteiger partial charge in [-0.15, -0.1) is 0 Å². The van der Waals surface area contributed by atoms with E-state index < -0.39 is 0 Å². The summed E-state index contributed by atoms with van der Waals surface area (Å²) < 4.78 is 1.95. The van der Waals surface area contributed by atoms with Gasteiger partial charge in [-0.25, -0.2) is 0 Å². The molecule has 1 radical (unpaired) electrons. The fraction of sp³-hybridized carbons (Fsp3) is 0.100. The SMILES string of the molecule is [CH2]n1c(C)cc2ccccc21. The van der Waals surface area contributed by atoms with E-state index in [0.717, 1.165) is 0 Å². The third-order valence-electron chi connectivity index (χ3n) is 2.02. The summed E-state index contributed by atoms with van der Waals surface area (Å²) in [6, 6.07) is 10.4. The lowest BCUT2D eigenvalue weighted by Crippen LogP contribution is -1.85. The van der Waals surface area contributed by atoms with Gasteiger partial charge in [0.1, 0.15) is 0 Å². The zero-order chi connectivity index (χ0) is 7.84. The number of aryl methyl sites for hydroxylation is 1. The molecule has 55 valence electrons. The van der Waals surface area contributed by atoms with Crippen LogP contribution in [-0.2, 0) is 0 Å². The molecule has 0 aliphatic rings. The second kappa shape index (κ2) is 2.12. The average molecular weight is 144 g/mol. The van der Waals surface area contributed by atoms with Crippen molar-refractivity contribution in [1.29, 1.82) is 0 Å². The van der Waals surface area contributed by atoms with E-state index in [1.165, 1.54) is 16.6 Å². The number of rotatable bonds is 0. The van der Waals surface area contributed by atoms with Gasteiger partial charge in [0.25, 0.3) is 0 Å². The molecular weight excluding hydrogens is 134 g/mol. The Morgan fingerprint density at radius 1 is 1.27 bits per heavy atom. The highest BCUT2D eigenvalue weighted by molar-refractivity contribution is 5.81. The Labute approximate surface area is 66.3 Å². The number of para-hydroxylation sites is 1. The van der Waals surface area contributed by atoms with Gasteiger partial charge in [-0.3, -0.25) is 0 Å². The number of benzene rings is 1. The first-order chi connectivity index (χ1) is 5.29. The van der Waals surface area contributed by atoms with E-state index in [1.807, 2.05) is 16.7 Å². The summed E-state index contributed by atoms with van der Waals surface area (Å²) in [5.41, 5.74) is 2.40. The maximum atomic E-state index is 3.92. The molecule has 0 bridgehead atoms. The molecule has 1 heteroatoms. The number of hydrogen-bond acceptors (Lipinski definition) is 0. The first-order valence-electron chi connectivity index (χ1n) is 3.67. The molecule has 1 nitrogen and oxygen atoms in total. The van der Waals surface area contributed by atoms with Crippen molar-refractivity contribution in [3.63, 3.8) is 0 Å². The summed E-state index contributed by atoms with van der Waals surface area (Å²) in [6.45, 7) is 2.06.